The molecule has 0 aromatic rings. The zero-order valence-corrected chi connectivity index (χ0v) is 13.5. The summed E-state index contributed by atoms with van der Waals surface area (Å²) in [5.74, 6) is 0.234. The third kappa shape index (κ3) is 4.66. The molecule has 122 valence electrons. The molecular weight excluding hydrogens is 268 g/mol. The first-order chi connectivity index (χ1) is 10.1. The van der Waals surface area contributed by atoms with Crippen LogP contribution in [0.4, 0.5) is 0 Å². The second kappa shape index (κ2) is 8.11. The fourth-order valence-electron chi connectivity index (χ4n) is 3.62. The Labute approximate surface area is 128 Å². The maximum Gasteiger partial charge on any atom is 0.219 e. The summed E-state index contributed by atoms with van der Waals surface area (Å²) in [6, 6.07) is 0.871. The number of aliphatic hydroxyl groups excluding tert-OH is 1. The van der Waals surface area contributed by atoms with Crippen molar-refractivity contribution in [1.82, 2.24) is 9.80 Å². The van der Waals surface area contributed by atoms with Crippen LogP contribution in [0.25, 0.3) is 0 Å². The van der Waals surface area contributed by atoms with Gasteiger partial charge >= 0.3 is 0 Å². The fraction of sp³-hybridized carbons (Fsp3) is 0.938. The van der Waals surface area contributed by atoms with E-state index in [2.05, 4.69) is 9.80 Å². The highest BCUT2D eigenvalue weighted by Gasteiger charge is 2.33. The molecule has 0 bridgehead atoms. The second-order valence-electron chi connectivity index (χ2n) is 6.51. The van der Waals surface area contributed by atoms with Crippen molar-refractivity contribution >= 4 is 5.91 Å². The second-order valence-corrected chi connectivity index (χ2v) is 6.51. The van der Waals surface area contributed by atoms with Crippen molar-refractivity contribution in [2.75, 3.05) is 33.4 Å². The van der Waals surface area contributed by atoms with E-state index >= 15 is 0 Å². The average molecular weight is 298 g/mol. The largest absolute Gasteiger partial charge is 0.389 e. The van der Waals surface area contributed by atoms with Crippen molar-refractivity contribution in [3.8, 4) is 0 Å². The van der Waals surface area contributed by atoms with E-state index in [1.165, 1.54) is 19.3 Å². The third-order valence-corrected chi connectivity index (χ3v) is 4.84. The fourth-order valence-corrected chi connectivity index (χ4v) is 3.62. The minimum Gasteiger partial charge on any atom is -0.389 e. The van der Waals surface area contributed by atoms with Crippen LogP contribution in [-0.2, 0) is 9.53 Å². The summed E-state index contributed by atoms with van der Waals surface area (Å²) < 4.78 is 4.99. The quantitative estimate of drug-likeness (QED) is 0.802. The van der Waals surface area contributed by atoms with Gasteiger partial charge in [-0.3, -0.25) is 4.79 Å². The van der Waals surface area contributed by atoms with Crippen molar-refractivity contribution in [2.45, 2.75) is 63.6 Å². The van der Waals surface area contributed by atoms with E-state index in [4.69, 9.17) is 4.74 Å². The van der Waals surface area contributed by atoms with Crippen LogP contribution in [0, 0.1) is 0 Å². The molecule has 2 rings (SSSR count). The molecule has 5 heteroatoms. The molecule has 0 spiro atoms. The van der Waals surface area contributed by atoms with Gasteiger partial charge in [0, 0.05) is 39.2 Å². The molecule has 0 radical (unpaired) electrons. The van der Waals surface area contributed by atoms with Crippen LogP contribution in [0.2, 0.25) is 0 Å². The van der Waals surface area contributed by atoms with E-state index in [9.17, 15) is 9.90 Å². The lowest BCUT2D eigenvalue weighted by Gasteiger charge is -2.42. The number of hydrogen-bond acceptors (Lipinski definition) is 4. The molecule has 2 fully saturated rings. The Bertz CT molecular complexity index is 333. The predicted molar refractivity (Wildman–Crippen MR) is 82.1 cm³/mol. The van der Waals surface area contributed by atoms with Gasteiger partial charge in [-0.1, -0.05) is 0 Å². The molecule has 2 aliphatic rings. The summed E-state index contributed by atoms with van der Waals surface area (Å²) in [4.78, 5) is 16.4. The first-order valence-corrected chi connectivity index (χ1v) is 8.30. The van der Waals surface area contributed by atoms with Crippen molar-refractivity contribution in [1.29, 1.82) is 0 Å². The average Bonchev–Trinajstić information content (AvgIpc) is 2.59. The van der Waals surface area contributed by atoms with Gasteiger partial charge in [-0.25, -0.2) is 0 Å². The molecule has 21 heavy (non-hydrogen) atoms. The Morgan fingerprint density at radius 2 is 1.90 bits per heavy atom. The minimum atomic E-state index is -0.415. The zero-order chi connectivity index (χ0) is 15.2. The first kappa shape index (κ1) is 16.7. The van der Waals surface area contributed by atoms with Crippen molar-refractivity contribution < 1.29 is 14.6 Å². The van der Waals surface area contributed by atoms with Gasteiger partial charge in [0.15, 0.2) is 0 Å². The van der Waals surface area contributed by atoms with E-state index in [0.29, 0.717) is 25.2 Å². The van der Waals surface area contributed by atoms with Gasteiger partial charge in [-0.15, -0.1) is 0 Å². The molecule has 1 aliphatic heterocycles. The summed E-state index contributed by atoms with van der Waals surface area (Å²) in [6.07, 6.45) is 6.40. The molecule has 0 aromatic heterocycles. The summed E-state index contributed by atoms with van der Waals surface area (Å²) in [5, 5.41) is 9.86. The molecule has 1 heterocycles. The Kier molecular flexibility index (Phi) is 6.45. The molecule has 1 amide bonds. The van der Waals surface area contributed by atoms with Gasteiger partial charge in [-0.2, -0.15) is 0 Å². The van der Waals surface area contributed by atoms with Crippen LogP contribution < -0.4 is 0 Å². The van der Waals surface area contributed by atoms with Crippen LogP contribution in [0.1, 0.15) is 45.4 Å². The van der Waals surface area contributed by atoms with Gasteiger partial charge in [-0.05, 0) is 45.1 Å². The summed E-state index contributed by atoms with van der Waals surface area (Å²) in [5.41, 5.74) is 0. The van der Waals surface area contributed by atoms with Gasteiger partial charge < -0.3 is 19.6 Å². The molecule has 2 atom stereocenters. The number of ether oxygens (including phenoxy) is 1. The van der Waals surface area contributed by atoms with Crippen LogP contribution >= 0.6 is 0 Å². The molecular formula is C16H30N2O3. The van der Waals surface area contributed by atoms with Gasteiger partial charge in [0.05, 0.1) is 12.7 Å². The zero-order valence-electron chi connectivity index (χ0n) is 13.5. The van der Waals surface area contributed by atoms with E-state index in [0.717, 1.165) is 32.4 Å². The SMILES string of the molecule is COC[C@@H](O)CN1CCC[C@@H](N(C(C)=O)C2CCC2)CC1. The smallest absolute Gasteiger partial charge is 0.219 e. The third-order valence-electron chi connectivity index (χ3n) is 4.84. The first-order valence-electron chi connectivity index (χ1n) is 8.30. The highest BCUT2D eigenvalue weighted by molar-refractivity contribution is 5.74. The van der Waals surface area contributed by atoms with E-state index in [1.807, 2.05) is 0 Å². The predicted octanol–water partition coefficient (Wildman–Crippen LogP) is 1.25. The molecule has 1 N–H and O–H groups in total. The van der Waals surface area contributed by atoms with Crippen LogP contribution in [-0.4, -0.2) is 72.4 Å². The summed E-state index contributed by atoms with van der Waals surface area (Å²) >= 11 is 0. The van der Waals surface area contributed by atoms with Crippen LogP contribution in [0.15, 0.2) is 0 Å². The molecule has 0 aromatic carbocycles. The number of methoxy groups -OCH3 is 1. The Morgan fingerprint density at radius 3 is 2.48 bits per heavy atom. The highest BCUT2D eigenvalue weighted by Crippen LogP contribution is 2.30. The maximum atomic E-state index is 12.0. The number of β-amino-alcohol motifs (C(OH)–C–C–N with tert-alkyl or cyclic N) is 1. The number of carbonyl (C=O) groups excluding carboxylic acids is 1. The van der Waals surface area contributed by atoms with E-state index in [-0.39, 0.29) is 5.91 Å². The summed E-state index contributed by atoms with van der Waals surface area (Å²) in [6.45, 7) is 4.74. The maximum absolute atomic E-state index is 12.0. The van der Waals surface area contributed by atoms with Gasteiger partial charge in [0.2, 0.25) is 5.91 Å². The van der Waals surface area contributed by atoms with Crippen molar-refractivity contribution in [3.05, 3.63) is 0 Å². The van der Waals surface area contributed by atoms with Crippen LogP contribution in [0.5, 0.6) is 0 Å². The summed E-state index contributed by atoms with van der Waals surface area (Å²) in [7, 11) is 1.62. The Balaban J connectivity index is 1.85. The molecule has 1 saturated carbocycles. The number of nitrogens with zero attached hydrogens (tertiary/aromatic N) is 2. The number of carbonyl (C=O) groups is 1. The lowest BCUT2D eigenvalue weighted by atomic mass is 9.89. The highest BCUT2D eigenvalue weighted by atomic mass is 16.5. The number of hydrogen-bond donors (Lipinski definition) is 1. The molecule has 1 aliphatic carbocycles. The van der Waals surface area contributed by atoms with E-state index < -0.39 is 6.10 Å². The standard InChI is InChI=1S/C16H30N2O3/c1-13(19)18(14-5-3-6-14)15-7-4-9-17(10-8-15)11-16(20)12-21-2/h14-16,20H,3-12H2,1-2H3/t15-,16+/m1/s1. The lowest BCUT2D eigenvalue weighted by molar-refractivity contribution is -0.136. The van der Waals surface area contributed by atoms with Crippen LogP contribution in [0.3, 0.4) is 0 Å². The van der Waals surface area contributed by atoms with Crippen molar-refractivity contribution in [2.24, 2.45) is 0 Å². The topological polar surface area (TPSA) is 53.0 Å². The van der Waals surface area contributed by atoms with Crippen molar-refractivity contribution in [3.63, 3.8) is 0 Å². The normalized spacial score (nSPS) is 26.0. The molecule has 5 nitrogen and oxygen atoms in total. The van der Waals surface area contributed by atoms with Gasteiger partial charge in [0.1, 0.15) is 0 Å². The number of rotatable bonds is 6. The number of aliphatic hydroxyl groups is 1. The monoisotopic (exact) mass is 298 g/mol. The number of likely N-dealkylation sites (tertiary alicyclic amines) is 1. The Morgan fingerprint density at radius 1 is 1.24 bits per heavy atom. The van der Waals surface area contributed by atoms with E-state index in [1.54, 1.807) is 14.0 Å². The lowest BCUT2D eigenvalue weighted by Crippen LogP contribution is -2.49. The molecule has 1 saturated heterocycles. The van der Waals surface area contributed by atoms with Gasteiger partial charge in [0.25, 0.3) is 0 Å². The molecule has 0 unspecified atom stereocenters. The number of amides is 1. The minimum absolute atomic E-state index is 0.234. The Hall–Kier alpha value is -0.650.